The molecule has 0 N–H and O–H groups in total. The Morgan fingerprint density at radius 2 is 2.11 bits per heavy atom. The van der Waals surface area contributed by atoms with Crippen molar-refractivity contribution in [3.63, 3.8) is 0 Å². The van der Waals surface area contributed by atoms with E-state index in [1.165, 1.54) is 0 Å². The summed E-state index contributed by atoms with van der Waals surface area (Å²) in [6, 6.07) is 8.50. The zero-order chi connectivity index (χ0) is 12.8. The Morgan fingerprint density at radius 1 is 1.33 bits per heavy atom. The molecule has 0 aliphatic carbocycles. The fourth-order valence-electron chi connectivity index (χ4n) is 2.41. The molecule has 0 bridgehead atoms. The second kappa shape index (κ2) is 6.36. The van der Waals surface area contributed by atoms with E-state index in [0.717, 1.165) is 44.8 Å². The van der Waals surface area contributed by atoms with E-state index < -0.39 is 0 Å². The Balaban J connectivity index is 1.90. The van der Waals surface area contributed by atoms with E-state index in [0.29, 0.717) is 0 Å². The first-order valence-corrected chi connectivity index (χ1v) is 6.64. The topological polar surface area (TPSA) is 43.2 Å². The highest BCUT2D eigenvalue weighted by Crippen LogP contribution is 2.15. The van der Waals surface area contributed by atoms with Crippen molar-refractivity contribution < 1.29 is 0 Å². The second-order valence-corrected chi connectivity index (χ2v) is 4.64. The number of anilines is 1. The van der Waals surface area contributed by atoms with E-state index in [4.69, 9.17) is 0 Å². The van der Waals surface area contributed by atoms with Crippen LogP contribution in [0.3, 0.4) is 0 Å². The molecular formula is C14H20N4. The molecule has 2 rings (SSSR count). The normalized spacial score (nSPS) is 18.3. The summed E-state index contributed by atoms with van der Waals surface area (Å²) in [7, 11) is 0. The van der Waals surface area contributed by atoms with Crippen LogP contribution in [-0.2, 0) is 0 Å². The second-order valence-electron chi connectivity index (χ2n) is 4.64. The molecule has 18 heavy (non-hydrogen) atoms. The van der Waals surface area contributed by atoms with Crippen LogP contribution in [0.15, 0.2) is 24.4 Å². The predicted octanol–water partition coefficient (Wildman–Crippen LogP) is 1.90. The van der Waals surface area contributed by atoms with Crippen LogP contribution in [0.1, 0.15) is 19.8 Å². The van der Waals surface area contributed by atoms with Gasteiger partial charge in [-0.1, -0.05) is 19.4 Å². The number of nitrogens with zero attached hydrogens (tertiary/aromatic N) is 4. The average Bonchev–Trinajstić information content (AvgIpc) is 2.46. The van der Waals surface area contributed by atoms with Crippen molar-refractivity contribution in [3.05, 3.63) is 24.4 Å². The third kappa shape index (κ3) is 2.99. The lowest BCUT2D eigenvalue weighted by molar-refractivity contribution is 0.211. The first-order valence-electron chi connectivity index (χ1n) is 6.64. The molecule has 2 heterocycles. The molecule has 4 nitrogen and oxygen atoms in total. The number of rotatable bonds is 4. The largest absolute Gasteiger partial charge is 0.354 e. The van der Waals surface area contributed by atoms with Gasteiger partial charge in [0.25, 0.3) is 0 Å². The summed E-state index contributed by atoms with van der Waals surface area (Å²) in [5, 5.41) is 9.17. The number of aromatic nitrogens is 1. The van der Waals surface area contributed by atoms with Crippen LogP contribution in [0.25, 0.3) is 0 Å². The summed E-state index contributed by atoms with van der Waals surface area (Å²) in [6.45, 7) is 5.95. The molecular weight excluding hydrogens is 224 g/mol. The van der Waals surface area contributed by atoms with Crippen LogP contribution in [0.5, 0.6) is 0 Å². The molecule has 1 saturated heterocycles. The van der Waals surface area contributed by atoms with Gasteiger partial charge in [-0.05, 0) is 18.6 Å². The van der Waals surface area contributed by atoms with Crippen molar-refractivity contribution in [2.45, 2.75) is 25.8 Å². The lowest BCUT2D eigenvalue weighted by Crippen LogP contribution is -2.50. The van der Waals surface area contributed by atoms with Crippen LogP contribution in [0.4, 0.5) is 5.82 Å². The van der Waals surface area contributed by atoms with Crippen LogP contribution in [0.2, 0.25) is 0 Å². The van der Waals surface area contributed by atoms with Gasteiger partial charge in [-0.25, -0.2) is 4.98 Å². The number of hydrogen-bond donors (Lipinski definition) is 0. The quantitative estimate of drug-likeness (QED) is 0.811. The smallest absolute Gasteiger partial charge is 0.128 e. The summed E-state index contributed by atoms with van der Waals surface area (Å²) in [5.41, 5.74) is 0. The Labute approximate surface area is 109 Å². The van der Waals surface area contributed by atoms with E-state index in [2.05, 4.69) is 27.8 Å². The molecule has 0 spiro atoms. The molecule has 0 saturated carbocycles. The number of nitriles is 1. The predicted molar refractivity (Wildman–Crippen MR) is 72.3 cm³/mol. The Bertz CT molecular complexity index is 390. The van der Waals surface area contributed by atoms with Gasteiger partial charge in [-0.3, -0.25) is 4.90 Å². The lowest BCUT2D eigenvalue weighted by Gasteiger charge is -2.37. The van der Waals surface area contributed by atoms with Gasteiger partial charge >= 0.3 is 0 Å². The highest BCUT2D eigenvalue weighted by Gasteiger charge is 2.23. The van der Waals surface area contributed by atoms with Gasteiger partial charge < -0.3 is 4.90 Å². The van der Waals surface area contributed by atoms with E-state index in [-0.39, 0.29) is 6.04 Å². The van der Waals surface area contributed by atoms with E-state index in [9.17, 15) is 5.26 Å². The Hall–Kier alpha value is -1.60. The minimum Gasteiger partial charge on any atom is -0.354 e. The van der Waals surface area contributed by atoms with E-state index in [1.54, 1.807) is 0 Å². The highest BCUT2D eigenvalue weighted by molar-refractivity contribution is 5.38. The minimum absolute atomic E-state index is 0.0842. The zero-order valence-electron chi connectivity index (χ0n) is 10.9. The van der Waals surface area contributed by atoms with Crippen LogP contribution in [-0.4, -0.2) is 42.1 Å². The molecule has 1 aliphatic heterocycles. The van der Waals surface area contributed by atoms with Gasteiger partial charge in [0, 0.05) is 32.4 Å². The van der Waals surface area contributed by atoms with Crippen molar-refractivity contribution in [2.75, 3.05) is 31.1 Å². The van der Waals surface area contributed by atoms with Crippen LogP contribution in [0, 0.1) is 11.3 Å². The molecule has 1 atom stereocenters. The third-order valence-corrected chi connectivity index (χ3v) is 3.44. The number of hydrogen-bond acceptors (Lipinski definition) is 4. The van der Waals surface area contributed by atoms with Crippen molar-refractivity contribution in [2.24, 2.45) is 0 Å². The summed E-state index contributed by atoms with van der Waals surface area (Å²) < 4.78 is 0. The maximum atomic E-state index is 9.17. The maximum absolute atomic E-state index is 9.17. The van der Waals surface area contributed by atoms with Crippen molar-refractivity contribution in [3.8, 4) is 6.07 Å². The molecule has 1 fully saturated rings. The summed E-state index contributed by atoms with van der Waals surface area (Å²) >= 11 is 0. The number of piperazine rings is 1. The highest BCUT2D eigenvalue weighted by atomic mass is 15.3. The molecule has 0 aromatic carbocycles. The molecule has 0 amide bonds. The molecule has 1 aliphatic rings. The first-order chi connectivity index (χ1) is 8.85. The molecule has 1 unspecified atom stereocenters. The zero-order valence-corrected chi connectivity index (χ0v) is 10.9. The monoisotopic (exact) mass is 244 g/mol. The third-order valence-electron chi connectivity index (χ3n) is 3.44. The minimum atomic E-state index is 0.0842. The van der Waals surface area contributed by atoms with Crippen LogP contribution < -0.4 is 4.90 Å². The molecule has 0 radical (unpaired) electrons. The average molecular weight is 244 g/mol. The van der Waals surface area contributed by atoms with Gasteiger partial charge in [-0.15, -0.1) is 0 Å². The fourth-order valence-corrected chi connectivity index (χ4v) is 2.41. The van der Waals surface area contributed by atoms with E-state index in [1.807, 2.05) is 24.4 Å². The fraction of sp³-hybridized carbons (Fsp3) is 0.571. The van der Waals surface area contributed by atoms with Gasteiger partial charge in [0.05, 0.1) is 12.1 Å². The van der Waals surface area contributed by atoms with E-state index >= 15 is 0 Å². The van der Waals surface area contributed by atoms with Crippen molar-refractivity contribution in [1.29, 1.82) is 5.26 Å². The van der Waals surface area contributed by atoms with Gasteiger partial charge in [0.2, 0.25) is 0 Å². The summed E-state index contributed by atoms with van der Waals surface area (Å²) in [6.07, 6.45) is 3.87. The van der Waals surface area contributed by atoms with Gasteiger partial charge in [0.15, 0.2) is 0 Å². The Kier molecular flexibility index (Phi) is 4.54. The maximum Gasteiger partial charge on any atom is 0.128 e. The summed E-state index contributed by atoms with van der Waals surface area (Å²) in [5.74, 6) is 1.04. The first kappa shape index (κ1) is 12.8. The van der Waals surface area contributed by atoms with Crippen molar-refractivity contribution >= 4 is 5.82 Å². The number of pyridine rings is 1. The van der Waals surface area contributed by atoms with Gasteiger partial charge in [0.1, 0.15) is 5.82 Å². The molecule has 4 heteroatoms. The van der Waals surface area contributed by atoms with Crippen molar-refractivity contribution in [1.82, 2.24) is 9.88 Å². The standard InChI is InChI=1S/C14H20N4/c1-2-5-13(12-15)17-8-10-18(11-9-17)14-6-3-4-7-16-14/h3-4,6-7,13H,2,5,8-11H2,1H3. The van der Waals surface area contributed by atoms with Gasteiger partial charge in [-0.2, -0.15) is 5.26 Å². The SMILES string of the molecule is CCCC(C#N)N1CCN(c2ccccn2)CC1. The summed E-state index contributed by atoms with van der Waals surface area (Å²) in [4.78, 5) is 8.95. The molecule has 1 aromatic rings. The molecule has 96 valence electrons. The Morgan fingerprint density at radius 3 is 2.67 bits per heavy atom. The lowest BCUT2D eigenvalue weighted by atomic mass is 10.1. The molecule has 1 aromatic heterocycles. The van der Waals surface area contributed by atoms with Crippen LogP contribution >= 0.6 is 0 Å².